The van der Waals surface area contributed by atoms with Crippen molar-refractivity contribution in [3.63, 3.8) is 0 Å². The van der Waals surface area contributed by atoms with Gasteiger partial charge in [0.2, 0.25) is 0 Å². The standard InChI is InChI=1S/C18H28N4OS/c1-18(2,3)17-20-11-14(24-17)12-22-8-5-13(6-9-22)15(23)16-19-7-10-21(16)4/h7,10-11,13,15,23H,5-6,8-9,12H2,1-4H3/t15-/m1/s1. The molecule has 0 unspecified atom stereocenters. The van der Waals surface area contributed by atoms with E-state index in [0.717, 1.165) is 38.3 Å². The second-order valence-electron chi connectivity index (χ2n) is 7.84. The average molecular weight is 349 g/mol. The molecule has 132 valence electrons. The van der Waals surface area contributed by atoms with Crippen molar-refractivity contribution in [3.8, 4) is 0 Å². The number of thiazole rings is 1. The molecule has 1 saturated heterocycles. The van der Waals surface area contributed by atoms with Crippen LogP contribution in [0.15, 0.2) is 18.6 Å². The lowest BCUT2D eigenvalue weighted by atomic mass is 9.90. The summed E-state index contributed by atoms with van der Waals surface area (Å²) >= 11 is 1.83. The summed E-state index contributed by atoms with van der Waals surface area (Å²) in [6.07, 6.45) is 7.25. The summed E-state index contributed by atoms with van der Waals surface area (Å²) in [7, 11) is 1.94. The zero-order chi connectivity index (χ0) is 17.3. The van der Waals surface area contributed by atoms with Gasteiger partial charge in [0.05, 0.1) is 5.01 Å². The highest BCUT2D eigenvalue weighted by Gasteiger charge is 2.28. The molecule has 0 aliphatic carbocycles. The van der Waals surface area contributed by atoms with Crippen LogP contribution in [0.3, 0.4) is 0 Å². The fraction of sp³-hybridized carbons (Fsp3) is 0.667. The molecule has 5 nitrogen and oxygen atoms in total. The lowest BCUT2D eigenvalue weighted by molar-refractivity contribution is 0.0494. The molecule has 0 saturated carbocycles. The Morgan fingerprint density at radius 1 is 1.29 bits per heavy atom. The number of imidazole rings is 1. The number of hydrogen-bond donors (Lipinski definition) is 1. The minimum Gasteiger partial charge on any atom is -0.385 e. The zero-order valence-electron chi connectivity index (χ0n) is 15.1. The van der Waals surface area contributed by atoms with Gasteiger partial charge < -0.3 is 9.67 Å². The van der Waals surface area contributed by atoms with Crippen molar-refractivity contribution in [1.82, 2.24) is 19.4 Å². The third-order valence-electron chi connectivity index (χ3n) is 4.78. The number of aromatic nitrogens is 3. The van der Waals surface area contributed by atoms with Gasteiger partial charge in [-0.1, -0.05) is 20.8 Å². The first-order valence-electron chi connectivity index (χ1n) is 8.67. The SMILES string of the molecule is Cn1ccnc1[C@H](O)C1CCN(Cc2cnc(C(C)(C)C)s2)CC1. The molecular weight excluding hydrogens is 320 g/mol. The van der Waals surface area contributed by atoms with Gasteiger partial charge in [0, 0.05) is 42.5 Å². The third kappa shape index (κ3) is 3.87. The van der Waals surface area contributed by atoms with E-state index in [2.05, 4.69) is 35.6 Å². The molecule has 6 heteroatoms. The number of aliphatic hydroxyl groups is 1. The minimum absolute atomic E-state index is 0.127. The van der Waals surface area contributed by atoms with Crippen LogP contribution in [-0.4, -0.2) is 37.6 Å². The Labute approximate surface area is 148 Å². The average Bonchev–Trinajstić information content (AvgIpc) is 3.16. The van der Waals surface area contributed by atoms with Crippen LogP contribution >= 0.6 is 11.3 Å². The fourth-order valence-corrected chi connectivity index (χ4v) is 4.26. The molecule has 0 amide bonds. The molecule has 3 heterocycles. The number of likely N-dealkylation sites (tertiary alicyclic amines) is 1. The molecule has 0 radical (unpaired) electrons. The van der Waals surface area contributed by atoms with Crippen molar-refractivity contribution < 1.29 is 5.11 Å². The van der Waals surface area contributed by atoms with Gasteiger partial charge in [0.25, 0.3) is 0 Å². The van der Waals surface area contributed by atoms with Gasteiger partial charge in [-0.25, -0.2) is 9.97 Å². The van der Waals surface area contributed by atoms with Crippen molar-refractivity contribution in [2.45, 2.75) is 51.7 Å². The predicted molar refractivity (Wildman–Crippen MR) is 97.0 cm³/mol. The quantitative estimate of drug-likeness (QED) is 0.922. The fourth-order valence-electron chi connectivity index (χ4n) is 3.25. The van der Waals surface area contributed by atoms with E-state index in [-0.39, 0.29) is 5.41 Å². The maximum absolute atomic E-state index is 10.6. The molecular formula is C18H28N4OS. The van der Waals surface area contributed by atoms with Crippen LogP contribution in [0.1, 0.15) is 55.4 Å². The molecule has 0 bridgehead atoms. The van der Waals surface area contributed by atoms with Crippen LogP contribution < -0.4 is 0 Å². The second-order valence-corrected chi connectivity index (χ2v) is 8.95. The van der Waals surface area contributed by atoms with Crippen LogP contribution in [0.5, 0.6) is 0 Å². The Bertz CT molecular complexity index is 665. The molecule has 1 fully saturated rings. The molecule has 1 aliphatic rings. The van der Waals surface area contributed by atoms with Crippen LogP contribution in [0.2, 0.25) is 0 Å². The number of rotatable bonds is 4. The summed E-state index contributed by atoms with van der Waals surface area (Å²) in [6.45, 7) is 9.64. The number of aliphatic hydroxyl groups excluding tert-OH is 1. The Kier molecular flexibility index (Phi) is 5.08. The van der Waals surface area contributed by atoms with Crippen molar-refractivity contribution in [1.29, 1.82) is 0 Å². The van der Waals surface area contributed by atoms with Gasteiger partial charge >= 0.3 is 0 Å². The largest absolute Gasteiger partial charge is 0.385 e. The number of nitrogens with zero attached hydrogens (tertiary/aromatic N) is 4. The molecule has 24 heavy (non-hydrogen) atoms. The second kappa shape index (κ2) is 6.94. The molecule has 2 aromatic heterocycles. The molecule has 1 aliphatic heterocycles. The summed E-state index contributed by atoms with van der Waals surface area (Å²) in [6, 6.07) is 0. The molecule has 1 atom stereocenters. The number of aryl methyl sites for hydroxylation is 1. The summed E-state index contributed by atoms with van der Waals surface area (Å²) in [5, 5.41) is 11.8. The normalized spacial score (nSPS) is 18.9. The van der Waals surface area contributed by atoms with Crippen molar-refractivity contribution in [2.75, 3.05) is 13.1 Å². The highest BCUT2D eigenvalue weighted by molar-refractivity contribution is 7.11. The van der Waals surface area contributed by atoms with E-state index in [1.165, 1.54) is 9.88 Å². The van der Waals surface area contributed by atoms with E-state index < -0.39 is 6.10 Å². The first-order chi connectivity index (χ1) is 11.3. The summed E-state index contributed by atoms with van der Waals surface area (Å²) in [5.74, 6) is 1.08. The highest BCUT2D eigenvalue weighted by atomic mass is 32.1. The maximum Gasteiger partial charge on any atom is 0.137 e. The van der Waals surface area contributed by atoms with E-state index in [4.69, 9.17) is 0 Å². The molecule has 0 aromatic carbocycles. The van der Waals surface area contributed by atoms with Crippen molar-refractivity contribution in [3.05, 3.63) is 34.3 Å². The van der Waals surface area contributed by atoms with Gasteiger partial charge in [-0.3, -0.25) is 4.90 Å². The number of piperidine rings is 1. The van der Waals surface area contributed by atoms with Gasteiger partial charge in [-0.05, 0) is 31.8 Å². The molecule has 1 N–H and O–H groups in total. The lowest BCUT2D eigenvalue weighted by Crippen LogP contribution is -2.35. The van der Waals surface area contributed by atoms with Gasteiger partial charge in [-0.2, -0.15) is 0 Å². The predicted octanol–water partition coefficient (Wildman–Crippen LogP) is 3.12. The summed E-state index contributed by atoms with van der Waals surface area (Å²) < 4.78 is 1.92. The first kappa shape index (κ1) is 17.6. The van der Waals surface area contributed by atoms with E-state index in [1.807, 2.05) is 35.3 Å². The maximum atomic E-state index is 10.6. The van der Waals surface area contributed by atoms with Crippen LogP contribution in [0.4, 0.5) is 0 Å². The Hall–Kier alpha value is -1.24. The van der Waals surface area contributed by atoms with Crippen LogP contribution in [0.25, 0.3) is 0 Å². The van der Waals surface area contributed by atoms with Gasteiger partial charge in [-0.15, -0.1) is 11.3 Å². The number of hydrogen-bond acceptors (Lipinski definition) is 5. The Morgan fingerprint density at radius 3 is 2.54 bits per heavy atom. The van der Waals surface area contributed by atoms with Crippen molar-refractivity contribution >= 4 is 11.3 Å². The topological polar surface area (TPSA) is 54.2 Å². The molecule has 2 aromatic rings. The van der Waals surface area contributed by atoms with Crippen LogP contribution in [0, 0.1) is 5.92 Å². The van der Waals surface area contributed by atoms with Gasteiger partial charge in [0.1, 0.15) is 11.9 Å². The van der Waals surface area contributed by atoms with E-state index >= 15 is 0 Å². The monoisotopic (exact) mass is 348 g/mol. The minimum atomic E-state index is -0.456. The first-order valence-corrected chi connectivity index (χ1v) is 9.49. The van der Waals surface area contributed by atoms with E-state index in [9.17, 15) is 5.11 Å². The van der Waals surface area contributed by atoms with E-state index in [1.54, 1.807) is 6.20 Å². The zero-order valence-corrected chi connectivity index (χ0v) is 15.9. The van der Waals surface area contributed by atoms with Gasteiger partial charge in [0.15, 0.2) is 0 Å². The molecule has 3 rings (SSSR count). The van der Waals surface area contributed by atoms with Crippen LogP contribution in [-0.2, 0) is 19.0 Å². The Balaban J connectivity index is 1.54. The highest BCUT2D eigenvalue weighted by Crippen LogP contribution is 2.31. The lowest BCUT2D eigenvalue weighted by Gasteiger charge is -2.33. The van der Waals surface area contributed by atoms with Crippen molar-refractivity contribution in [2.24, 2.45) is 13.0 Å². The smallest absolute Gasteiger partial charge is 0.137 e. The Morgan fingerprint density at radius 2 is 2.00 bits per heavy atom. The summed E-state index contributed by atoms with van der Waals surface area (Å²) in [5.41, 5.74) is 0.127. The summed E-state index contributed by atoms with van der Waals surface area (Å²) in [4.78, 5) is 12.7. The van der Waals surface area contributed by atoms with E-state index in [0.29, 0.717) is 5.92 Å². The molecule has 0 spiro atoms. The third-order valence-corrected chi connectivity index (χ3v) is 6.18.